The second kappa shape index (κ2) is 8.41. The van der Waals surface area contributed by atoms with E-state index in [2.05, 4.69) is 0 Å². The number of halogens is 1. The summed E-state index contributed by atoms with van der Waals surface area (Å²) < 4.78 is 16.4. The molecule has 0 aliphatic heterocycles. The highest BCUT2D eigenvalue weighted by molar-refractivity contribution is 6.30. The summed E-state index contributed by atoms with van der Waals surface area (Å²) in [7, 11) is 1.33. The zero-order valence-electron chi connectivity index (χ0n) is 14.1. The van der Waals surface area contributed by atoms with Crippen LogP contribution in [0.1, 0.15) is 11.7 Å². The number of methoxy groups -OCH3 is 1. The Labute approximate surface area is 156 Å². The van der Waals surface area contributed by atoms with Crippen LogP contribution in [0.2, 0.25) is 5.02 Å². The van der Waals surface area contributed by atoms with Crippen LogP contribution in [0.5, 0.6) is 17.2 Å². The summed E-state index contributed by atoms with van der Waals surface area (Å²) in [5, 5.41) is 0.592. The molecule has 0 saturated heterocycles. The molecule has 0 bridgehead atoms. The van der Waals surface area contributed by atoms with Gasteiger partial charge in [-0.25, -0.2) is 4.79 Å². The number of hydrogen-bond acceptors (Lipinski definition) is 4. The van der Waals surface area contributed by atoms with Crippen LogP contribution in [0, 0.1) is 0 Å². The predicted octanol–water partition coefficient (Wildman–Crippen LogP) is 5.43. The van der Waals surface area contributed by atoms with Crippen LogP contribution < -0.4 is 9.47 Å². The number of ether oxygens (including phenoxy) is 3. The number of carbonyl (C=O) groups is 1. The number of esters is 1. The molecule has 0 N–H and O–H groups in total. The van der Waals surface area contributed by atoms with Crippen molar-refractivity contribution in [1.82, 2.24) is 0 Å². The largest absolute Gasteiger partial charge is 0.474 e. The van der Waals surface area contributed by atoms with Crippen molar-refractivity contribution in [3.63, 3.8) is 0 Å². The van der Waals surface area contributed by atoms with E-state index >= 15 is 0 Å². The molecule has 0 aromatic heterocycles. The summed E-state index contributed by atoms with van der Waals surface area (Å²) in [5.41, 5.74) is 0.659. The second-order valence-electron chi connectivity index (χ2n) is 5.46. The van der Waals surface area contributed by atoms with Crippen molar-refractivity contribution in [3.05, 3.63) is 89.4 Å². The number of para-hydroxylation sites is 1. The molecule has 3 rings (SSSR count). The van der Waals surface area contributed by atoms with Gasteiger partial charge in [0.2, 0.25) is 6.10 Å². The van der Waals surface area contributed by atoms with E-state index < -0.39 is 12.1 Å². The number of hydrogen-bond donors (Lipinski definition) is 0. The van der Waals surface area contributed by atoms with E-state index in [9.17, 15) is 4.79 Å². The minimum atomic E-state index is -0.882. The Bertz CT molecular complexity index is 845. The molecule has 0 fully saturated rings. The van der Waals surface area contributed by atoms with Crippen molar-refractivity contribution < 1.29 is 19.0 Å². The number of carbonyl (C=O) groups excluding carboxylic acids is 1. The Morgan fingerprint density at radius 1 is 0.808 bits per heavy atom. The molecule has 0 heterocycles. The summed E-state index contributed by atoms with van der Waals surface area (Å²) in [6.07, 6.45) is -0.882. The first-order valence-corrected chi connectivity index (χ1v) is 8.36. The Kier molecular flexibility index (Phi) is 5.77. The summed E-state index contributed by atoms with van der Waals surface area (Å²) >= 11 is 5.88. The molecular weight excluding hydrogens is 352 g/mol. The molecule has 4 nitrogen and oxygen atoms in total. The molecule has 132 valence electrons. The topological polar surface area (TPSA) is 44.8 Å². The lowest BCUT2D eigenvalue weighted by atomic mass is 10.1. The lowest BCUT2D eigenvalue weighted by Gasteiger charge is -2.17. The van der Waals surface area contributed by atoms with Gasteiger partial charge in [0.05, 0.1) is 7.11 Å². The fourth-order valence-corrected chi connectivity index (χ4v) is 2.47. The van der Waals surface area contributed by atoms with Gasteiger partial charge >= 0.3 is 5.97 Å². The van der Waals surface area contributed by atoms with Crippen LogP contribution >= 0.6 is 11.6 Å². The molecule has 5 heteroatoms. The fraction of sp³-hybridized carbons (Fsp3) is 0.0952. The molecule has 1 atom stereocenters. The van der Waals surface area contributed by atoms with Gasteiger partial charge in [-0.05, 0) is 48.5 Å². The van der Waals surface area contributed by atoms with Crippen LogP contribution in [0.3, 0.4) is 0 Å². The molecule has 0 aliphatic carbocycles. The van der Waals surface area contributed by atoms with Gasteiger partial charge in [0.1, 0.15) is 17.2 Å². The average Bonchev–Trinajstić information content (AvgIpc) is 2.68. The molecule has 1 unspecified atom stereocenters. The summed E-state index contributed by atoms with van der Waals surface area (Å²) in [5.74, 6) is 1.43. The summed E-state index contributed by atoms with van der Waals surface area (Å²) in [6.45, 7) is 0. The van der Waals surface area contributed by atoms with Crippen molar-refractivity contribution in [2.24, 2.45) is 0 Å². The lowest BCUT2D eigenvalue weighted by molar-refractivity contribution is -0.149. The monoisotopic (exact) mass is 368 g/mol. The van der Waals surface area contributed by atoms with E-state index in [0.29, 0.717) is 22.1 Å². The normalized spacial score (nSPS) is 11.5. The molecule has 0 radical (unpaired) electrons. The van der Waals surface area contributed by atoms with Gasteiger partial charge in [0, 0.05) is 10.6 Å². The maximum atomic E-state index is 12.2. The van der Waals surface area contributed by atoms with Crippen molar-refractivity contribution >= 4 is 17.6 Å². The van der Waals surface area contributed by atoms with Gasteiger partial charge in [0.25, 0.3) is 0 Å². The van der Waals surface area contributed by atoms with Crippen LogP contribution in [-0.2, 0) is 9.53 Å². The van der Waals surface area contributed by atoms with Crippen LogP contribution in [0.25, 0.3) is 0 Å². The van der Waals surface area contributed by atoms with Gasteiger partial charge in [0.15, 0.2) is 0 Å². The van der Waals surface area contributed by atoms with E-state index in [1.54, 1.807) is 48.5 Å². The average molecular weight is 369 g/mol. The number of benzene rings is 3. The third-order valence-electron chi connectivity index (χ3n) is 3.64. The smallest absolute Gasteiger partial charge is 0.351 e. The van der Waals surface area contributed by atoms with Gasteiger partial charge in [-0.3, -0.25) is 0 Å². The third-order valence-corrected chi connectivity index (χ3v) is 3.90. The Morgan fingerprint density at radius 2 is 1.38 bits per heavy atom. The Morgan fingerprint density at radius 3 is 2.00 bits per heavy atom. The van der Waals surface area contributed by atoms with Crippen molar-refractivity contribution in [2.75, 3.05) is 7.11 Å². The van der Waals surface area contributed by atoms with Crippen molar-refractivity contribution in [2.45, 2.75) is 6.10 Å². The zero-order valence-corrected chi connectivity index (χ0v) is 14.8. The SMILES string of the molecule is COC(=O)C(Oc1ccc(Cl)cc1)c1ccc(Oc2ccccc2)cc1. The molecule has 0 amide bonds. The van der Waals surface area contributed by atoms with Gasteiger partial charge in [-0.1, -0.05) is 41.9 Å². The van der Waals surface area contributed by atoms with Gasteiger partial charge < -0.3 is 14.2 Å². The van der Waals surface area contributed by atoms with Crippen LogP contribution in [0.4, 0.5) is 0 Å². The molecule has 26 heavy (non-hydrogen) atoms. The maximum absolute atomic E-state index is 12.2. The maximum Gasteiger partial charge on any atom is 0.351 e. The van der Waals surface area contributed by atoms with E-state index in [1.807, 2.05) is 30.3 Å². The van der Waals surface area contributed by atoms with Crippen LogP contribution in [-0.4, -0.2) is 13.1 Å². The van der Waals surface area contributed by atoms with E-state index in [0.717, 1.165) is 5.75 Å². The lowest BCUT2D eigenvalue weighted by Crippen LogP contribution is -2.20. The van der Waals surface area contributed by atoms with Crippen molar-refractivity contribution in [1.29, 1.82) is 0 Å². The summed E-state index contributed by atoms with van der Waals surface area (Å²) in [6, 6.07) is 23.4. The van der Waals surface area contributed by atoms with Gasteiger partial charge in [-0.2, -0.15) is 0 Å². The first-order chi connectivity index (χ1) is 12.7. The highest BCUT2D eigenvalue weighted by Gasteiger charge is 2.23. The first kappa shape index (κ1) is 17.8. The molecule has 0 spiro atoms. The highest BCUT2D eigenvalue weighted by atomic mass is 35.5. The van der Waals surface area contributed by atoms with E-state index in [-0.39, 0.29) is 0 Å². The first-order valence-electron chi connectivity index (χ1n) is 7.98. The second-order valence-corrected chi connectivity index (χ2v) is 5.90. The summed E-state index contributed by atoms with van der Waals surface area (Å²) in [4.78, 5) is 12.2. The fourth-order valence-electron chi connectivity index (χ4n) is 2.34. The van der Waals surface area contributed by atoms with E-state index in [4.69, 9.17) is 25.8 Å². The quantitative estimate of drug-likeness (QED) is 0.544. The molecule has 0 saturated carbocycles. The van der Waals surface area contributed by atoms with Gasteiger partial charge in [-0.15, -0.1) is 0 Å². The third kappa shape index (κ3) is 4.55. The predicted molar refractivity (Wildman–Crippen MR) is 99.8 cm³/mol. The molecule has 3 aromatic carbocycles. The number of rotatable bonds is 6. The van der Waals surface area contributed by atoms with Crippen molar-refractivity contribution in [3.8, 4) is 17.2 Å². The Balaban J connectivity index is 1.78. The Hall–Kier alpha value is -2.98. The van der Waals surface area contributed by atoms with Crippen LogP contribution in [0.15, 0.2) is 78.9 Å². The molecule has 3 aromatic rings. The highest BCUT2D eigenvalue weighted by Crippen LogP contribution is 2.27. The minimum absolute atomic E-state index is 0.489. The minimum Gasteiger partial charge on any atom is -0.474 e. The standard InChI is InChI=1S/C21H17ClO4/c1-24-21(23)20(26-19-13-9-16(22)10-14-19)15-7-11-18(12-8-15)25-17-5-3-2-4-6-17/h2-14,20H,1H3. The molecule has 0 aliphatic rings. The van der Waals surface area contributed by atoms with E-state index in [1.165, 1.54) is 7.11 Å². The zero-order chi connectivity index (χ0) is 18.4. The molecular formula is C21H17ClO4.